The summed E-state index contributed by atoms with van der Waals surface area (Å²) in [5.74, 6) is -0.0561. The van der Waals surface area contributed by atoms with Crippen LogP contribution in [-0.4, -0.2) is 71.1 Å². The summed E-state index contributed by atoms with van der Waals surface area (Å²) in [6, 6.07) is 2.95. The minimum absolute atomic E-state index is 0.268. The second-order valence-electron chi connectivity index (χ2n) is 7.57. The quantitative estimate of drug-likeness (QED) is 0.728. The second kappa shape index (κ2) is 8.60. The van der Waals surface area contributed by atoms with E-state index in [0.717, 1.165) is 11.4 Å². The molecule has 1 amide bonds. The molecule has 3 heterocycles. The van der Waals surface area contributed by atoms with E-state index in [-0.39, 0.29) is 6.54 Å². The highest BCUT2D eigenvalue weighted by molar-refractivity contribution is 5.82. The van der Waals surface area contributed by atoms with Crippen LogP contribution in [0.1, 0.15) is 19.5 Å². The molecule has 0 spiro atoms. The number of carbonyl (C=O) groups excluding carboxylic acids is 1. The molecule has 164 valence electrons. The number of hydrogen-bond acceptors (Lipinski definition) is 6. The summed E-state index contributed by atoms with van der Waals surface area (Å²) in [4.78, 5) is 18.3. The summed E-state index contributed by atoms with van der Waals surface area (Å²) >= 11 is 0. The summed E-state index contributed by atoms with van der Waals surface area (Å²) in [7, 11) is 1.56. The molecule has 2 aromatic heterocycles. The van der Waals surface area contributed by atoms with Crippen LogP contribution in [0.4, 0.5) is 13.2 Å². The predicted molar refractivity (Wildman–Crippen MR) is 103 cm³/mol. The zero-order valence-corrected chi connectivity index (χ0v) is 17.0. The Morgan fingerprint density at radius 3 is 2.83 bits per heavy atom. The van der Waals surface area contributed by atoms with Crippen molar-refractivity contribution in [2.45, 2.75) is 31.6 Å². The highest BCUT2D eigenvalue weighted by Gasteiger charge is 2.37. The Morgan fingerprint density at radius 2 is 2.13 bits per heavy atom. The molecule has 8 nitrogen and oxygen atoms in total. The number of alkyl halides is 3. The fourth-order valence-electron chi connectivity index (χ4n) is 3.34. The molecule has 3 rings (SSSR count). The van der Waals surface area contributed by atoms with E-state index in [0.29, 0.717) is 18.8 Å². The lowest BCUT2D eigenvalue weighted by Gasteiger charge is -2.42. The molecule has 0 unspecified atom stereocenters. The van der Waals surface area contributed by atoms with Gasteiger partial charge in [0.1, 0.15) is 12.3 Å². The SMILES string of the molecule is COc1cncc(-n2ccc(C(C)(C)N3CCN[C@H](C(=O)NCC(F)(F)F)C3)n2)c1. The number of nitrogens with zero attached hydrogens (tertiary/aromatic N) is 4. The predicted octanol–water partition coefficient (Wildman–Crippen LogP) is 1.46. The van der Waals surface area contributed by atoms with E-state index in [1.807, 2.05) is 42.4 Å². The number of pyridine rings is 1. The monoisotopic (exact) mass is 426 g/mol. The van der Waals surface area contributed by atoms with E-state index in [1.165, 1.54) is 0 Å². The average molecular weight is 426 g/mol. The Kier molecular flexibility index (Phi) is 6.32. The van der Waals surface area contributed by atoms with E-state index >= 15 is 0 Å². The standard InChI is InChI=1S/C19H25F3N6O2/c1-18(2,16-4-6-28(26-16)13-8-14(30-3)10-23-9-13)27-7-5-24-15(11-27)17(29)25-12-19(20,21)22/h4,6,8-10,15,24H,5,7,11-12H2,1-3H3,(H,25,29)/t15-/m0/s1. The number of ether oxygens (including phenoxy) is 1. The first-order chi connectivity index (χ1) is 14.1. The van der Waals surface area contributed by atoms with Crippen molar-refractivity contribution < 1.29 is 22.7 Å². The molecule has 0 radical (unpaired) electrons. The maximum Gasteiger partial charge on any atom is 0.405 e. The summed E-state index contributed by atoms with van der Waals surface area (Å²) in [6.45, 7) is 3.98. The smallest absolute Gasteiger partial charge is 0.405 e. The molecule has 1 aliphatic heterocycles. The molecule has 11 heteroatoms. The Morgan fingerprint density at radius 1 is 1.37 bits per heavy atom. The number of halogens is 3. The average Bonchev–Trinajstić information content (AvgIpc) is 3.23. The fourth-order valence-corrected chi connectivity index (χ4v) is 3.34. The molecule has 0 saturated carbocycles. The zero-order chi connectivity index (χ0) is 21.9. The third-order valence-corrected chi connectivity index (χ3v) is 5.16. The molecule has 1 aliphatic rings. The van der Waals surface area contributed by atoms with E-state index in [2.05, 4.69) is 15.4 Å². The number of rotatable bonds is 6. The summed E-state index contributed by atoms with van der Waals surface area (Å²) < 4.78 is 44.1. The van der Waals surface area contributed by atoms with Crippen molar-refractivity contribution in [3.05, 3.63) is 36.4 Å². The van der Waals surface area contributed by atoms with Gasteiger partial charge in [-0.15, -0.1) is 0 Å². The van der Waals surface area contributed by atoms with Crippen molar-refractivity contribution in [1.29, 1.82) is 0 Å². The Labute approximate surface area is 172 Å². The first-order valence-corrected chi connectivity index (χ1v) is 9.48. The number of aromatic nitrogens is 3. The van der Waals surface area contributed by atoms with Gasteiger partial charge in [0.15, 0.2) is 0 Å². The highest BCUT2D eigenvalue weighted by Crippen LogP contribution is 2.28. The number of nitrogens with one attached hydrogen (secondary N) is 2. The van der Waals surface area contributed by atoms with Gasteiger partial charge in [0.25, 0.3) is 0 Å². The zero-order valence-electron chi connectivity index (χ0n) is 17.0. The lowest BCUT2D eigenvalue weighted by Crippen LogP contribution is -2.61. The van der Waals surface area contributed by atoms with Crippen molar-refractivity contribution in [2.24, 2.45) is 0 Å². The number of piperazine rings is 1. The van der Waals surface area contributed by atoms with Gasteiger partial charge < -0.3 is 15.4 Å². The van der Waals surface area contributed by atoms with Crippen LogP contribution in [-0.2, 0) is 10.3 Å². The number of hydrogen-bond donors (Lipinski definition) is 2. The molecule has 1 saturated heterocycles. The van der Waals surface area contributed by atoms with Gasteiger partial charge in [0.2, 0.25) is 5.91 Å². The van der Waals surface area contributed by atoms with Gasteiger partial charge in [-0.05, 0) is 19.9 Å². The summed E-state index contributed by atoms with van der Waals surface area (Å²) in [5.41, 5.74) is 0.963. The lowest BCUT2D eigenvalue weighted by molar-refractivity contribution is -0.140. The molecule has 0 aliphatic carbocycles. The number of methoxy groups -OCH3 is 1. The molecular formula is C19H25F3N6O2. The topological polar surface area (TPSA) is 84.3 Å². The van der Waals surface area contributed by atoms with E-state index < -0.39 is 30.2 Å². The maximum absolute atomic E-state index is 12.4. The van der Waals surface area contributed by atoms with Crippen LogP contribution in [0, 0.1) is 0 Å². The molecule has 1 fully saturated rings. The van der Waals surface area contributed by atoms with Crippen molar-refractivity contribution >= 4 is 5.91 Å². The Balaban J connectivity index is 1.72. The van der Waals surface area contributed by atoms with E-state index in [9.17, 15) is 18.0 Å². The van der Waals surface area contributed by atoms with Gasteiger partial charge in [0.05, 0.1) is 42.5 Å². The van der Waals surface area contributed by atoms with Crippen molar-refractivity contribution in [3.8, 4) is 11.4 Å². The van der Waals surface area contributed by atoms with Gasteiger partial charge in [-0.3, -0.25) is 14.7 Å². The lowest BCUT2D eigenvalue weighted by atomic mass is 9.96. The molecule has 2 aromatic rings. The van der Waals surface area contributed by atoms with Crippen LogP contribution in [0.2, 0.25) is 0 Å². The third kappa shape index (κ3) is 5.08. The highest BCUT2D eigenvalue weighted by atomic mass is 19.4. The van der Waals surface area contributed by atoms with Crippen LogP contribution in [0.3, 0.4) is 0 Å². The minimum atomic E-state index is -4.44. The van der Waals surface area contributed by atoms with E-state index in [1.54, 1.807) is 24.2 Å². The van der Waals surface area contributed by atoms with Gasteiger partial charge in [-0.25, -0.2) is 4.68 Å². The van der Waals surface area contributed by atoms with Crippen molar-refractivity contribution in [2.75, 3.05) is 33.3 Å². The Hall–Kier alpha value is -2.66. The summed E-state index contributed by atoms with van der Waals surface area (Å²) in [6.07, 6.45) is 0.634. The van der Waals surface area contributed by atoms with E-state index in [4.69, 9.17) is 4.74 Å². The largest absolute Gasteiger partial charge is 0.495 e. The minimum Gasteiger partial charge on any atom is -0.495 e. The van der Waals surface area contributed by atoms with Gasteiger partial charge in [-0.1, -0.05) is 0 Å². The molecular weight excluding hydrogens is 401 g/mol. The van der Waals surface area contributed by atoms with Crippen LogP contribution < -0.4 is 15.4 Å². The molecule has 1 atom stereocenters. The molecule has 0 aromatic carbocycles. The number of amides is 1. The van der Waals surface area contributed by atoms with Gasteiger partial charge in [0, 0.05) is 31.9 Å². The van der Waals surface area contributed by atoms with Crippen LogP contribution in [0.25, 0.3) is 5.69 Å². The maximum atomic E-state index is 12.4. The van der Waals surface area contributed by atoms with Crippen LogP contribution in [0.5, 0.6) is 5.75 Å². The molecule has 0 bridgehead atoms. The van der Waals surface area contributed by atoms with Gasteiger partial charge in [-0.2, -0.15) is 18.3 Å². The van der Waals surface area contributed by atoms with Crippen molar-refractivity contribution in [1.82, 2.24) is 30.3 Å². The van der Waals surface area contributed by atoms with Crippen molar-refractivity contribution in [3.63, 3.8) is 0 Å². The Bertz CT molecular complexity index is 883. The third-order valence-electron chi connectivity index (χ3n) is 5.16. The first kappa shape index (κ1) is 22.0. The first-order valence-electron chi connectivity index (χ1n) is 9.48. The van der Waals surface area contributed by atoms with Gasteiger partial charge >= 0.3 is 6.18 Å². The van der Waals surface area contributed by atoms with Crippen LogP contribution >= 0.6 is 0 Å². The normalized spacial score (nSPS) is 18.3. The summed E-state index contributed by atoms with van der Waals surface area (Å²) in [5, 5.41) is 9.58. The molecule has 30 heavy (non-hydrogen) atoms. The number of carbonyl (C=O) groups is 1. The fraction of sp³-hybridized carbons (Fsp3) is 0.526. The molecule has 2 N–H and O–H groups in total. The van der Waals surface area contributed by atoms with Crippen LogP contribution in [0.15, 0.2) is 30.7 Å². The second-order valence-corrected chi connectivity index (χ2v) is 7.57.